The molecule has 0 heterocycles. The van der Waals surface area contributed by atoms with Crippen molar-refractivity contribution in [3.63, 3.8) is 0 Å². The van der Waals surface area contributed by atoms with Gasteiger partial charge in [0.2, 0.25) is 0 Å². The van der Waals surface area contributed by atoms with Crippen molar-refractivity contribution in [2.75, 3.05) is 0 Å². The highest BCUT2D eigenvalue weighted by Gasteiger charge is 2.16. The topological polar surface area (TPSA) is 72.8 Å². The first-order valence-electron chi connectivity index (χ1n) is 5.44. The maximum absolute atomic E-state index is 11.5. The Hall–Kier alpha value is -2.82. The quantitative estimate of drug-likeness (QED) is 0.661. The van der Waals surface area contributed by atoms with Crippen molar-refractivity contribution in [3.8, 4) is 5.75 Å². The van der Waals surface area contributed by atoms with Crippen molar-refractivity contribution in [1.29, 1.82) is 0 Å². The van der Waals surface area contributed by atoms with Gasteiger partial charge in [0.15, 0.2) is 0 Å². The summed E-state index contributed by atoms with van der Waals surface area (Å²) in [5.41, 5.74) is 0.177. The highest BCUT2D eigenvalue weighted by Crippen LogP contribution is 2.16. The monoisotopic (exact) mass is 258 g/mol. The van der Waals surface area contributed by atoms with E-state index in [4.69, 9.17) is 0 Å². The molecule has 0 spiro atoms. The molecule has 5 heteroatoms. The molecule has 19 heavy (non-hydrogen) atoms. The van der Waals surface area contributed by atoms with Crippen LogP contribution in [0.2, 0.25) is 0 Å². The minimum Gasteiger partial charge on any atom is -0.507 e. The van der Waals surface area contributed by atoms with Crippen molar-refractivity contribution >= 4 is 11.9 Å². The average molecular weight is 258 g/mol. The van der Waals surface area contributed by atoms with Crippen molar-refractivity contribution in [2.24, 2.45) is 0 Å². The van der Waals surface area contributed by atoms with Crippen LogP contribution in [0, 0.1) is 0 Å². The van der Waals surface area contributed by atoms with Crippen LogP contribution in [0.3, 0.4) is 0 Å². The van der Waals surface area contributed by atoms with Crippen LogP contribution in [0.5, 0.6) is 5.75 Å². The summed E-state index contributed by atoms with van der Waals surface area (Å²) in [6.07, 6.45) is 0. The van der Waals surface area contributed by atoms with Crippen LogP contribution in [0.15, 0.2) is 54.6 Å². The molecule has 0 aliphatic rings. The summed E-state index contributed by atoms with van der Waals surface area (Å²) >= 11 is 0. The maximum atomic E-state index is 11.5. The van der Waals surface area contributed by atoms with E-state index in [1.165, 1.54) is 24.3 Å². The van der Waals surface area contributed by atoms with Gasteiger partial charge in [-0.15, -0.1) is 0 Å². The van der Waals surface area contributed by atoms with Gasteiger partial charge in [-0.25, -0.2) is 19.4 Å². The number of phenols is 1. The molecule has 0 aromatic heterocycles. The Kier molecular flexibility index (Phi) is 3.78. The van der Waals surface area contributed by atoms with Crippen LogP contribution < -0.4 is 0 Å². The highest BCUT2D eigenvalue weighted by atomic mass is 17.2. The fraction of sp³-hybridized carbons (Fsp3) is 0. The molecule has 0 fully saturated rings. The lowest BCUT2D eigenvalue weighted by atomic mass is 10.2. The van der Waals surface area contributed by atoms with Gasteiger partial charge in [0, 0.05) is 0 Å². The molecule has 0 atom stereocenters. The van der Waals surface area contributed by atoms with Crippen LogP contribution >= 0.6 is 0 Å². The highest BCUT2D eigenvalue weighted by molar-refractivity contribution is 5.93. The van der Waals surface area contributed by atoms with Gasteiger partial charge < -0.3 is 5.11 Å². The molecule has 2 rings (SSSR count). The van der Waals surface area contributed by atoms with Crippen LogP contribution in [0.1, 0.15) is 20.7 Å². The first kappa shape index (κ1) is 12.6. The minimum atomic E-state index is -0.942. The fourth-order valence-corrected chi connectivity index (χ4v) is 1.39. The molecule has 0 saturated heterocycles. The van der Waals surface area contributed by atoms with Gasteiger partial charge >= 0.3 is 11.9 Å². The molecular weight excluding hydrogens is 248 g/mol. The van der Waals surface area contributed by atoms with Crippen LogP contribution in [0.4, 0.5) is 0 Å². The smallest absolute Gasteiger partial charge is 0.390 e. The molecule has 0 unspecified atom stereocenters. The number of hydrogen-bond donors (Lipinski definition) is 1. The molecule has 1 N–H and O–H groups in total. The summed E-state index contributed by atoms with van der Waals surface area (Å²) in [4.78, 5) is 31.8. The van der Waals surface area contributed by atoms with Gasteiger partial charge in [0.1, 0.15) is 11.3 Å². The number of hydrogen-bond acceptors (Lipinski definition) is 5. The summed E-state index contributed by atoms with van der Waals surface area (Å²) in [6.45, 7) is 0. The zero-order chi connectivity index (χ0) is 13.7. The number of phenolic OH excluding ortho intramolecular Hbond substituents is 1. The summed E-state index contributed by atoms with van der Waals surface area (Å²) in [5, 5.41) is 9.42. The van der Waals surface area contributed by atoms with Gasteiger partial charge in [-0.1, -0.05) is 30.3 Å². The van der Waals surface area contributed by atoms with E-state index in [-0.39, 0.29) is 16.9 Å². The van der Waals surface area contributed by atoms with Crippen LogP contribution in [-0.4, -0.2) is 17.0 Å². The van der Waals surface area contributed by atoms with Gasteiger partial charge in [0.05, 0.1) is 5.56 Å². The Morgan fingerprint density at radius 3 is 2.05 bits per heavy atom. The zero-order valence-electron chi connectivity index (χ0n) is 9.78. The van der Waals surface area contributed by atoms with E-state index in [0.717, 1.165) is 0 Å². The largest absolute Gasteiger partial charge is 0.507 e. The molecule has 0 saturated carbocycles. The molecule has 0 radical (unpaired) electrons. The molecule has 2 aromatic rings. The molecule has 0 aliphatic heterocycles. The summed E-state index contributed by atoms with van der Waals surface area (Å²) in [5.74, 6) is -1.98. The molecule has 0 amide bonds. The van der Waals surface area contributed by atoms with E-state index in [9.17, 15) is 14.7 Å². The Balaban J connectivity index is 1.98. The van der Waals surface area contributed by atoms with Gasteiger partial charge in [0.25, 0.3) is 0 Å². The SMILES string of the molecule is O=C(OOC(=O)c1ccccc1O)c1ccccc1. The van der Waals surface area contributed by atoms with Gasteiger partial charge in [-0.05, 0) is 24.3 Å². The first-order valence-corrected chi connectivity index (χ1v) is 5.44. The molecule has 2 aromatic carbocycles. The zero-order valence-corrected chi connectivity index (χ0v) is 9.78. The average Bonchev–Trinajstić information content (AvgIpc) is 2.46. The predicted octanol–water partition coefficient (Wildman–Crippen LogP) is 2.32. The summed E-state index contributed by atoms with van der Waals surface area (Å²) in [6, 6.07) is 13.9. The van der Waals surface area contributed by atoms with Gasteiger partial charge in [-0.3, -0.25) is 0 Å². The van der Waals surface area contributed by atoms with Crippen molar-refractivity contribution in [2.45, 2.75) is 0 Å². The molecule has 96 valence electrons. The van der Waals surface area contributed by atoms with Crippen molar-refractivity contribution in [3.05, 3.63) is 65.7 Å². The number of benzene rings is 2. The Morgan fingerprint density at radius 2 is 1.37 bits per heavy atom. The van der Waals surface area contributed by atoms with Crippen LogP contribution in [-0.2, 0) is 9.78 Å². The van der Waals surface area contributed by atoms with Gasteiger partial charge in [-0.2, -0.15) is 0 Å². The molecule has 0 bridgehead atoms. The number of para-hydroxylation sites is 1. The van der Waals surface area contributed by atoms with E-state index >= 15 is 0 Å². The predicted molar refractivity (Wildman–Crippen MR) is 65.4 cm³/mol. The number of aromatic hydroxyl groups is 1. The van der Waals surface area contributed by atoms with E-state index < -0.39 is 11.9 Å². The number of carbonyl (C=O) groups is 2. The lowest BCUT2D eigenvalue weighted by Crippen LogP contribution is -2.11. The van der Waals surface area contributed by atoms with E-state index in [1.807, 2.05) is 0 Å². The number of carbonyl (C=O) groups excluding carboxylic acids is 2. The lowest BCUT2D eigenvalue weighted by Gasteiger charge is -2.04. The normalized spacial score (nSPS) is 9.68. The third-order valence-corrected chi connectivity index (χ3v) is 2.33. The second kappa shape index (κ2) is 5.68. The fourth-order valence-electron chi connectivity index (χ4n) is 1.39. The third-order valence-electron chi connectivity index (χ3n) is 2.33. The Bertz CT molecular complexity index is 592. The van der Waals surface area contributed by atoms with Crippen LogP contribution in [0.25, 0.3) is 0 Å². The lowest BCUT2D eigenvalue weighted by molar-refractivity contribution is -0.187. The number of rotatable bonds is 2. The first-order chi connectivity index (χ1) is 9.18. The van der Waals surface area contributed by atoms with Crippen molar-refractivity contribution < 1.29 is 24.5 Å². The second-order valence-electron chi connectivity index (χ2n) is 3.62. The van der Waals surface area contributed by atoms with E-state index in [1.54, 1.807) is 30.3 Å². The third kappa shape index (κ3) is 3.10. The summed E-state index contributed by atoms with van der Waals surface area (Å²) < 4.78 is 0. The molecular formula is C14H10O5. The van der Waals surface area contributed by atoms with E-state index in [0.29, 0.717) is 0 Å². The summed E-state index contributed by atoms with van der Waals surface area (Å²) in [7, 11) is 0. The minimum absolute atomic E-state index is 0.0802. The van der Waals surface area contributed by atoms with E-state index in [2.05, 4.69) is 9.78 Å². The maximum Gasteiger partial charge on any atom is 0.390 e. The molecule has 5 nitrogen and oxygen atoms in total. The Labute approximate surface area is 108 Å². The second-order valence-corrected chi connectivity index (χ2v) is 3.62. The molecule has 0 aliphatic carbocycles. The van der Waals surface area contributed by atoms with Crippen molar-refractivity contribution in [1.82, 2.24) is 0 Å². The standard InChI is InChI=1S/C14H10O5/c15-12-9-5-4-8-11(12)14(17)19-18-13(16)10-6-2-1-3-7-10/h1-9,15H. The Morgan fingerprint density at radius 1 is 0.789 bits per heavy atom.